The number of hydrogen-bond donors (Lipinski definition) is 1. The van der Waals surface area contributed by atoms with Gasteiger partial charge >= 0.3 is 0 Å². The third-order valence-corrected chi connectivity index (χ3v) is 4.18. The van der Waals surface area contributed by atoms with Crippen molar-refractivity contribution in [1.82, 2.24) is 19.9 Å². The highest BCUT2D eigenvalue weighted by molar-refractivity contribution is 5.75. The van der Waals surface area contributed by atoms with Crippen molar-refractivity contribution in [3.05, 3.63) is 54.5 Å². The molecule has 4 heterocycles. The van der Waals surface area contributed by atoms with Crippen LogP contribution in [0.1, 0.15) is 5.69 Å². The SMILES string of the molecule is c1ccc(N2CCN(Cc3cc4ncccc4[nH]3)CC2)nc1. The first-order valence-corrected chi connectivity index (χ1v) is 7.69. The van der Waals surface area contributed by atoms with E-state index in [-0.39, 0.29) is 0 Å². The fraction of sp³-hybridized carbons (Fsp3) is 0.294. The summed E-state index contributed by atoms with van der Waals surface area (Å²) in [6, 6.07) is 12.3. The standard InChI is InChI=1S/C17H19N5/c1-2-6-19-17(5-1)22-10-8-21(9-11-22)13-14-12-16-15(20-14)4-3-7-18-16/h1-7,12,20H,8-11,13H2. The number of anilines is 1. The number of fused-ring (bicyclic) bond motifs is 1. The van der Waals surface area contributed by atoms with Crippen LogP contribution in [0.4, 0.5) is 5.82 Å². The molecule has 0 saturated carbocycles. The van der Waals surface area contributed by atoms with Crippen LogP contribution in [0.25, 0.3) is 11.0 Å². The molecule has 22 heavy (non-hydrogen) atoms. The number of aromatic nitrogens is 3. The van der Waals surface area contributed by atoms with Gasteiger partial charge in [-0.05, 0) is 30.3 Å². The Labute approximate surface area is 129 Å². The Morgan fingerprint density at radius 3 is 2.59 bits per heavy atom. The van der Waals surface area contributed by atoms with Crippen LogP contribution in [-0.4, -0.2) is 46.0 Å². The minimum atomic E-state index is 0.951. The molecule has 4 rings (SSSR count). The van der Waals surface area contributed by atoms with Crippen LogP contribution >= 0.6 is 0 Å². The van der Waals surface area contributed by atoms with Crippen molar-refractivity contribution >= 4 is 16.9 Å². The average Bonchev–Trinajstić information content (AvgIpc) is 2.98. The summed E-state index contributed by atoms with van der Waals surface area (Å²) < 4.78 is 0. The monoisotopic (exact) mass is 293 g/mol. The molecule has 1 aliphatic rings. The van der Waals surface area contributed by atoms with Crippen LogP contribution in [-0.2, 0) is 6.54 Å². The van der Waals surface area contributed by atoms with E-state index in [9.17, 15) is 0 Å². The summed E-state index contributed by atoms with van der Waals surface area (Å²) in [5.74, 6) is 1.08. The first kappa shape index (κ1) is 13.3. The Kier molecular flexibility index (Phi) is 3.48. The van der Waals surface area contributed by atoms with Crippen LogP contribution in [0, 0.1) is 0 Å². The molecule has 5 heteroatoms. The lowest BCUT2D eigenvalue weighted by Crippen LogP contribution is -2.46. The topological polar surface area (TPSA) is 48.0 Å². The molecule has 5 nitrogen and oxygen atoms in total. The number of rotatable bonds is 3. The molecule has 1 fully saturated rings. The van der Waals surface area contributed by atoms with E-state index < -0.39 is 0 Å². The van der Waals surface area contributed by atoms with E-state index in [1.165, 1.54) is 5.69 Å². The van der Waals surface area contributed by atoms with E-state index in [0.29, 0.717) is 0 Å². The van der Waals surface area contributed by atoms with Gasteiger partial charge in [0.2, 0.25) is 0 Å². The molecule has 112 valence electrons. The van der Waals surface area contributed by atoms with E-state index in [4.69, 9.17) is 0 Å². The Hall–Kier alpha value is -2.40. The second kappa shape index (κ2) is 5.77. The van der Waals surface area contributed by atoms with Crippen molar-refractivity contribution in [2.24, 2.45) is 0 Å². The smallest absolute Gasteiger partial charge is 0.128 e. The van der Waals surface area contributed by atoms with E-state index >= 15 is 0 Å². The Balaban J connectivity index is 1.39. The molecule has 1 aliphatic heterocycles. The van der Waals surface area contributed by atoms with E-state index in [0.717, 1.165) is 49.6 Å². The van der Waals surface area contributed by atoms with Crippen molar-refractivity contribution < 1.29 is 0 Å². The van der Waals surface area contributed by atoms with Crippen molar-refractivity contribution in [2.45, 2.75) is 6.54 Å². The molecular weight excluding hydrogens is 274 g/mol. The number of pyridine rings is 2. The zero-order valence-corrected chi connectivity index (χ0v) is 12.4. The van der Waals surface area contributed by atoms with Crippen molar-refractivity contribution in [1.29, 1.82) is 0 Å². The maximum Gasteiger partial charge on any atom is 0.128 e. The molecule has 3 aromatic rings. The fourth-order valence-corrected chi connectivity index (χ4v) is 3.01. The van der Waals surface area contributed by atoms with Crippen molar-refractivity contribution in [3.63, 3.8) is 0 Å². The summed E-state index contributed by atoms with van der Waals surface area (Å²) in [4.78, 5) is 17.1. The minimum Gasteiger partial charge on any atom is -0.356 e. The number of H-pyrrole nitrogens is 1. The second-order valence-electron chi connectivity index (χ2n) is 5.68. The first-order valence-electron chi connectivity index (χ1n) is 7.69. The molecule has 0 aliphatic carbocycles. The third kappa shape index (κ3) is 2.67. The van der Waals surface area contributed by atoms with Crippen molar-refractivity contribution in [3.8, 4) is 0 Å². The predicted octanol–water partition coefficient (Wildman–Crippen LogP) is 2.28. The number of nitrogens with one attached hydrogen (secondary N) is 1. The number of nitrogens with zero attached hydrogens (tertiary/aromatic N) is 4. The van der Waals surface area contributed by atoms with Gasteiger partial charge in [0.05, 0.1) is 11.0 Å². The summed E-state index contributed by atoms with van der Waals surface area (Å²) in [6.07, 6.45) is 3.70. The summed E-state index contributed by atoms with van der Waals surface area (Å²) >= 11 is 0. The summed E-state index contributed by atoms with van der Waals surface area (Å²) in [5, 5.41) is 0. The fourth-order valence-electron chi connectivity index (χ4n) is 3.01. The predicted molar refractivity (Wildman–Crippen MR) is 87.8 cm³/mol. The molecule has 0 atom stereocenters. The summed E-state index contributed by atoms with van der Waals surface area (Å²) in [5.41, 5.74) is 3.40. The van der Waals surface area contributed by atoms with Crippen LogP contribution in [0.2, 0.25) is 0 Å². The normalized spacial score (nSPS) is 16.3. The van der Waals surface area contributed by atoms with E-state index in [1.807, 2.05) is 30.6 Å². The molecule has 0 unspecified atom stereocenters. The molecule has 3 aromatic heterocycles. The Bertz CT molecular complexity index is 711. The van der Waals surface area contributed by atoms with Crippen molar-refractivity contribution in [2.75, 3.05) is 31.1 Å². The molecule has 0 radical (unpaired) electrons. The summed E-state index contributed by atoms with van der Waals surface area (Å²) in [6.45, 7) is 5.11. The highest BCUT2D eigenvalue weighted by atomic mass is 15.3. The largest absolute Gasteiger partial charge is 0.356 e. The molecule has 1 N–H and O–H groups in total. The van der Waals surface area contributed by atoms with Crippen LogP contribution in [0.15, 0.2) is 48.8 Å². The molecule has 0 aromatic carbocycles. The molecule has 0 bridgehead atoms. The maximum absolute atomic E-state index is 4.43. The Morgan fingerprint density at radius 2 is 1.82 bits per heavy atom. The Morgan fingerprint density at radius 1 is 0.955 bits per heavy atom. The van der Waals surface area contributed by atoms with Crippen LogP contribution < -0.4 is 4.90 Å². The molecule has 0 amide bonds. The lowest BCUT2D eigenvalue weighted by atomic mass is 10.3. The quantitative estimate of drug-likeness (QED) is 0.805. The van der Waals surface area contributed by atoms with E-state index in [2.05, 4.69) is 43.0 Å². The zero-order valence-electron chi connectivity index (χ0n) is 12.4. The number of piperazine rings is 1. The van der Waals surface area contributed by atoms with Gasteiger partial charge in [-0.25, -0.2) is 4.98 Å². The third-order valence-electron chi connectivity index (χ3n) is 4.18. The van der Waals surface area contributed by atoms with Gasteiger partial charge in [0, 0.05) is 50.8 Å². The van der Waals surface area contributed by atoms with Crippen LogP contribution in [0.3, 0.4) is 0 Å². The maximum atomic E-state index is 4.43. The van der Waals surface area contributed by atoms with Gasteiger partial charge in [-0.15, -0.1) is 0 Å². The van der Waals surface area contributed by atoms with Gasteiger partial charge in [-0.2, -0.15) is 0 Å². The number of aromatic amines is 1. The lowest BCUT2D eigenvalue weighted by Gasteiger charge is -2.35. The van der Waals surface area contributed by atoms with Gasteiger partial charge in [0.15, 0.2) is 0 Å². The second-order valence-corrected chi connectivity index (χ2v) is 5.68. The van der Waals surface area contributed by atoms with Gasteiger partial charge in [0.25, 0.3) is 0 Å². The van der Waals surface area contributed by atoms with Gasteiger partial charge < -0.3 is 9.88 Å². The minimum absolute atomic E-state index is 0.951. The van der Waals surface area contributed by atoms with Gasteiger partial charge in [-0.3, -0.25) is 9.88 Å². The van der Waals surface area contributed by atoms with Crippen LogP contribution in [0.5, 0.6) is 0 Å². The van der Waals surface area contributed by atoms with Gasteiger partial charge in [-0.1, -0.05) is 6.07 Å². The number of hydrogen-bond acceptors (Lipinski definition) is 4. The van der Waals surface area contributed by atoms with Gasteiger partial charge in [0.1, 0.15) is 5.82 Å². The average molecular weight is 293 g/mol. The van der Waals surface area contributed by atoms with E-state index in [1.54, 1.807) is 0 Å². The molecule has 0 spiro atoms. The lowest BCUT2D eigenvalue weighted by molar-refractivity contribution is 0.247. The highest BCUT2D eigenvalue weighted by Gasteiger charge is 2.18. The highest BCUT2D eigenvalue weighted by Crippen LogP contribution is 2.16. The first-order chi connectivity index (χ1) is 10.9. The summed E-state index contributed by atoms with van der Waals surface area (Å²) in [7, 11) is 0. The molecular formula is C17H19N5. The molecule has 1 saturated heterocycles. The zero-order chi connectivity index (χ0) is 14.8.